The second-order valence-electron chi connectivity index (χ2n) is 11.0. The standard InChI is InChI=1S/C35H34FN7O/c1-25-4-13-31(21-33(25)41-35-38-16-14-32(40-35)29-3-2-15-37-22-29)39-34(44)28-9-5-26(6-10-28)23-42-17-19-43(20-18-42)24-27-7-11-30(36)12-8-27/h2-16,21-22H,17-20,23-24H2,1H3,(H,39,44)(H,38,40,41). The molecule has 8 nitrogen and oxygen atoms in total. The van der Waals surface area contributed by atoms with Gasteiger partial charge in [0.15, 0.2) is 0 Å². The maximum Gasteiger partial charge on any atom is 0.255 e. The van der Waals surface area contributed by atoms with Crippen molar-refractivity contribution in [1.82, 2.24) is 24.8 Å². The van der Waals surface area contributed by atoms with E-state index in [0.29, 0.717) is 17.2 Å². The van der Waals surface area contributed by atoms with Crippen LogP contribution in [0.4, 0.5) is 21.7 Å². The number of halogens is 1. The molecule has 2 aromatic heterocycles. The fourth-order valence-electron chi connectivity index (χ4n) is 5.23. The lowest BCUT2D eigenvalue weighted by atomic mass is 10.1. The molecule has 0 bridgehead atoms. The average Bonchev–Trinajstić information content (AvgIpc) is 3.05. The zero-order valence-corrected chi connectivity index (χ0v) is 24.6. The molecule has 222 valence electrons. The molecule has 1 amide bonds. The van der Waals surface area contributed by atoms with E-state index >= 15 is 0 Å². The molecule has 0 atom stereocenters. The van der Waals surface area contributed by atoms with Crippen molar-refractivity contribution in [3.63, 3.8) is 0 Å². The first-order valence-corrected chi connectivity index (χ1v) is 14.7. The Kier molecular flexibility index (Phi) is 8.95. The number of aromatic nitrogens is 3. The Hall–Kier alpha value is -4.99. The smallest absolute Gasteiger partial charge is 0.255 e. The number of benzene rings is 3. The van der Waals surface area contributed by atoms with E-state index in [1.165, 1.54) is 17.7 Å². The third-order valence-electron chi connectivity index (χ3n) is 7.76. The van der Waals surface area contributed by atoms with Gasteiger partial charge in [-0.2, -0.15) is 0 Å². The van der Waals surface area contributed by atoms with E-state index in [4.69, 9.17) is 0 Å². The molecule has 6 rings (SSSR count). The quantitative estimate of drug-likeness (QED) is 0.209. The number of anilines is 3. The molecule has 0 spiro atoms. The van der Waals surface area contributed by atoms with Crippen molar-refractivity contribution < 1.29 is 9.18 Å². The van der Waals surface area contributed by atoms with Crippen LogP contribution < -0.4 is 10.6 Å². The highest BCUT2D eigenvalue weighted by atomic mass is 19.1. The number of hydrogen-bond donors (Lipinski definition) is 2. The summed E-state index contributed by atoms with van der Waals surface area (Å²) < 4.78 is 13.2. The normalized spacial score (nSPS) is 13.9. The number of carbonyl (C=O) groups excluding carboxylic acids is 1. The van der Waals surface area contributed by atoms with Crippen molar-refractivity contribution >= 4 is 23.2 Å². The Balaban J connectivity index is 1.02. The summed E-state index contributed by atoms with van der Waals surface area (Å²) in [4.78, 5) is 31.1. The predicted octanol–water partition coefficient (Wildman–Crippen LogP) is 6.30. The van der Waals surface area contributed by atoms with Crippen LogP contribution in [-0.2, 0) is 13.1 Å². The Bertz CT molecular complexity index is 1700. The van der Waals surface area contributed by atoms with Crippen LogP contribution in [0.25, 0.3) is 11.3 Å². The molecule has 3 heterocycles. The highest BCUT2D eigenvalue weighted by molar-refractivity contribution is 6.04. The van der Waals surface area contributed by atoms with E-state index in [1.54, 1.807) is 18.6 Å². The van der Waals surface area contributed by atoms with E-state index < -0.39 is 0 Å². The van der Waals surface area contributed by atoms with E-state index in [0.717, 1.165) is 67.3 Å². The number of pyridine rings is 1. The second-order valence-corrected chi connectivity index (χ2v) is 11.0. The number of carbonyl (C=O) groups is 1. The van der Waals surface area contributed by atoms with Crippen molar-refractivity contribution in [2.45, 2.75) is 20.0 Å². The summed E-state index contributed by atoms with van der Waals surface area (Å²) in [7, 11) is 0. The number of piperazine rings is 1. The number of nitrogens with zero attached hydrogens (tertiary/aromatic N) is 5. The SMILES string of the molecule is Cc1ccc(NC(=O)c2ccc(CN3CCN(Cc4ccc(F)cc4)CC3)cc2)cc1Nc1nccc(-c2cccnc2)n1. The van der Waals surface area contributed by atoms with Crippen LogP contribution in [0.5, 0.6) is 0 Å². The second kappa shape index (κ2) is 13.5. The van der Waals surface area contributed by atoms with Crippen LogP contribution in [0.2, 0.25) is 0 Å². The number of aryl methyl sites for hydroxylation is 1. The van der Waals surface area contributed by atoms with Gasteiger partial charge in [-0.25, -0.2) is 14.4 Å². The molecule has 0 radical (unpaired) electrons. The fraction of sp³-hybridized carbons (Fsp3) is 0.200. The maximum absolute atomic E-state index is 13.2. The van der Waals surface area contributed by atoms with Gasteiger partial charge in [0.2, 0.25) is 5.95 Å². The summed E-state index contributed by atoms with van der Waals surface area (Å²) in [6.07, 6.45) is 5.20. The van der Waals surface area contributed by atoms with Crippen molar-refractivity contribution in [2.24, 2.45) is 0 Å². The highest BCUT2D eigenvalue weighted by Gasteiger charge is 2.17. The molecule has 1 aliphatic heterocycles. The Morgan fingerprint density at radius 3 is 2.18 bits per heavy atom. The summed E-state index contributed by atoms with van der Waals surface area (Å²) in [5.74, 6) is 0.0906. The number of amides is 1. The molecule has 5 aromatic rings. The minimum atomic E-state index is -0.200. The van der Waals surface area contributed by atoms with Crippen LogP contribution in [0.1, 0.15) is 27.0 Å². The molecule has 1 fully saturated rings. The summed E-state index contributed by atoms with van der Waals surface area (Å²) in [5.41, 5.74) is 7.05. The van der Waals surface area contributed by atoms with Crippen LogP contribution in [0.3, 0.4) is 0 Å². The molecule has 1 saturated heterocycles. The predicted molar refractivity (Wildman–Crippen MR) is 171 cm³/mol. The number of rotatable bonds is 9. The van der Waals surface area contributed by atoms with Gasteiger partial charge in [-0.05, 0) is 78.2 Å². The minimum absolute atomic E-state index is 0.171. The van der Waals surface area contributed by atoms with E-state index in [-0.39, 0.29) is 11.7 Å². The van der Waals surface area contributed by atoms with E-state index in [1.807, 2.05) is 79.7 Å². The maximum atomic E-state index is 13.2. The summed E-state index contributed by atoms with van der Waals surface area (Å²) in [6.45, 7) is 7.52. The monoisotopic (exact) mass is 587 g/mol. The molecule has 44 heavy (non-hydrogen) atoms. The zero-order valence-electron chi connectivity index (χ0n) is 24.6. The molecule has 0 saturated carbocycles. The number of nitrogens with one attached hydrogen (secondary N) is 2. The van der Waals surface area contributed by atoms with Crippen LogP contribution in [0, 0.1) is 12.7 Å². The molecule has 1 aliphatic rings. The van der Waals surface area contributed by atoms with E-state index in [9.17, 15) is 9.18 Å². The molecular formula is C35H34FN7O. The molecule has 9 heteroatoms. The Morgan fingerprint density at radius 1 is 0.841 bits per heavy atom. The van der Waals surface area contributed by atoms with Crippen LogP contribution in [-0.4, -0.2) is 56.8 Å². The molecular weight excluding hydrogens is 553 g/mol. The Labute approximate surface area is 256 Å². The molecule has 0 unspecified atom stereocenters. The van der Waals surface area contributed by atoms with Gasteiger partial charge in [0.1, 0.15) is 5.82 Å². The van der Waals surface area contributed by atoms with Crippen molar-refractivity contribution in [3.05, 3.63) is 132 Å². The van der Waals surface area contributed by atoms with Crippen molar-refractivity contribution in [3.8, 4) is 11.3 Å². The first kappa shape index (κ1) is 29.1. The minimum Gasteiger partial charge on any atom is -0.324 e. The van der Waals surface area contributed by atoms with Gasteiger partial charge in [0.25, 0.3) is 5.91 Å². The average molecular weight is 588 g/mol. The van der Waals surface area contributed by atoms with Gasteiger partial charge in [0, 0.05) is 80.4 Å². The van der Waals surface area contributed by atoms with Gasteiger partial charge in [-0.15, -0.1) is 0 Å². The Morgan fingerprint density at radius 2 is 1.52 bits per heavy atom. The summed E-state index contributed by atoms with van der Waals surface area (Å²) in [6, 6.07) is 25.9. The lowest BCUT2D eigenvalue weighted by molar-refractivity contribution is 0.102. The third-order valence-corrected chi connectivity index (χ3v) is 7.76. The molecule has 0 aliphatic carbocycles. The lowest BCUT2D eigenvalue weighted by Gasteiger charge is -2.34. The molecule has 2 N–H and O–H groups in total. The van der Waals surface area contributed by atoms with Gasteiger partial charge < -0.3 is 10.6 Å². The van der Waals surface area contributed by atoms with Crippen molar-refractivity contribution in [1.29, 1.82) is 0 Å². The van der Waals surface area contributed by atoms with E-state index in [2.05, 4.69) is 35.4 Å². The first-order chi connectivity index (χ1) is 21.5. The largest absolute Gasteiger partial charge is 0.324 e. The molecule has 3 aromatic carbocycles. The zero-order chi connectivity index (χ0) is 30.3. The summed E-state index contributed by atoms with van der Waals surface area (Å²) >= 11 is 0. The number of hydrogen-bond acceptors (Lipinski definition) is 7. The van der Waals surface area contributed by atoms with Gasteiger partial charge >= 0.3 is 0 Å². The van der Waals surface area contributed by atoms with Crippen LogP contribution >= 0.6 is 0 Å². The van der Waals surface area contributed by atoms with Crippen molar-refractivity contribution in [2.75, 3.05) is 36.8 Å². The first-order valence-electron chi connectivity index (χ1n) is 14.7. The summed E-state index contributed by atoms with van der Waals surface area (Å²) in [5, 5.41) is 6.30. The van der Waals surface area contributed by atoms with Crippen LogP contribution in [0.15, 0.2) is 104 Å². The van der Waals surface area contributed by atoms with Gasteiger partial charge in [-0.3, -0.25) is 19.6 Å². The third kappa shape index (κ3) is 7.50. The highest BCUT2D eigenvalue weighted by Crippen LogP contribution is 2.25. The van der Waals surface area contributed by atoms with Gasteiger partial charge in [-0.1, -0.05) is 30.3 Å². The lowest BCUT2D eigenvalue weighted by Crippen LogP contribution is -2.45. The van der Waals surface area contributed by atoms with Gasteiger partial charge in [0.05, 0.1) is 5.69 Å². The topological polar surface area (TPSA) is 86.3 Å². The fourth-order valence-corrected chi connectivity index (χ4v) is 5.23.